The minimum Gasteiger partial charge on any atom is -0.275 e. The van der Waals surface area contributed by atoms with Gasteiger partial charge < -0.3 is 0 Å². The number of aromatic nitrogens is 2. The third-order valence-electron chi connectivity index (χ3n) is 2.37. The van der Waals surface area contributed by atoms with E-state index in [2.05, 4.69) is 31.0 Å². The van der Waals surface area contributed by atoms with Gasteiger partial charge in [-0.3, -0.25) is 5.10 Å². The highest BCUT2D eigenvalue weighted by Gasteiger charge is 2.18. The van der Waals surface area contributed by atoms with Crippen molar-refractivity contribution in [1.29, 1.82) is 0 Å². The largest absolute Gasteiger partial charge is 0.275 e. The summed E-state index contributed by atoms with van der Waals surface area (Å²) in [6, 6.07) is 3.31. The quantitative estimate of drug-likeness (QED) is 0.683. The number of rotatable bonds is 0. The lowest BCUT2D eigenvalue weighted by Gasteiger charge is -2.19. The fourth-order valence-corrected chi connectivity index (χ4v) is 1.66. The van der Waals surface area contributed by atoms with E-state index in [1.165, 1.54) is 6.07 Å². The Kier molecular flexibility index (Phi) is 1.84. The van der Waals surface area contributed by atoms with Gasteiger partial charge in [-0.25, -0.2) is 4.39 Å². The zero-order valence-electron chi connectivity index (χ0n) is 8.56. The number of nitrogens with one attached hydrogen (secondary N) is 1. The molecule has 0 saturated heterocycles. The highest BCUT2D eigenvalue weighted by molar-refractivity contribution is 5.83. The van der Waals surface area contributed by atoms with Gasteiger partial charge in [0.05, 0.1) is 6.20 Å². The van der Waals surface area contributed by atoms with Crippen LogP contribution in [-0.4, -0.2) is 10.2 Å². The van der Waals surface area contributed by atoms with E-state index in [-0.39, 0.29) is 11.2 Å². The summed E-state index contributed by atoms with van der Waals surface area (Å²) >= 11 is 0. The molecule has 0 spiro atoms. The Balaban J connectivity index is 2.80. The minimum atomic E-state index is -0.245. The van der Waals surface area contributed by atoms with Crippen LogP contribution in [0.2, 0.25) is 0 Å². The van der Waals surface area contributed by atoms with E-state index in [4.69, 9.17) is 0 Å². The summed E-state index contributed by atoms with van der Waals surface area (Å²) < 4.78 is 13.3. The SMILES string of the molecule is CC(C)(C)c1ccc(F)c2[nH]ncc12. The summed E-state index contributed by atoms with van der Waals surface area (Å²) in [4.78, 5) is 0. The van der Waals surface area contributed by atoms with Crippen LogP contribution in [-0.2, 0) is 5.41 Å². The van der Waals surface area contributed by atoms with Crippen LogP contribution in [0.5, 0.6) is 0 Å². The van der Waals surface area contributed by atoms with Gasteiger partial charge in [0.1, 0.15) is 11.3 Å². The summed E-state index contributed by atoms with van der Waals surface area (Å²) in [7, 11) is 0. The van der Waals surface area contributed by atoms with Gasteiger partial charge in [0.25, 0.3) is 0 Å². The number of nitrogens with zero attached hydrogens (tertiary/aromatic N) is 1. The molecule has 74 valence electrons. The molecule has 0 fully saturated rings. The number of hydrogen-bond acceptors (Lipinski definition) is 1. The monoisotopic (exact) mass is 192 g/mol. The average molecular weight is 192 g/mol. The number of H-pyrrole nitrogens is 1. The molecule has 1 N–H and O–H groups in total. The molecule has 2 rings (SSSR count). The van der Waals surface area contributed by atoms with Crippen molar-refractivity contribution in [3.8, 4) is 0 Å². The third kappa shape index (κ3) is 1.29. The van der Waals surface area contributed by atoms with Gasteiger partial charge in [0, 0.05) is 5.39 Å². The van der Waals surface area contributed by atoms with Crippen molar-refractivity contribution in [3.05, 3.63) is 29.7 Å². The number of halogens is 1. The Morgan fingerprint density at radius 2 is 2.00 bits per heavy atom. The van der Waals surface area contributed by atoms with Gasteiger partial charge >= 0.3 is 0 Å². The van der Waals surface area contributed by atoms with E-state index in [0.717, 1.165) is 10.9 Å². The van der Waals surface area contributed by atoms with Gasteiger partial charge in [0.2, 0.25) is 0 Å². The molecule has 3 heteroatoms. The van der Waals surface area contributed by atoms with Gasteiger partial charge in [0.15, 0.2) is 0 Å². The van der Waals surface area contributed by atoms with E-state index in [1.54, 1.807) is 6.20 Å². The van der Waals surface area contributed by atoms with Gasteiger partial charge in [-0.15, -0.1) is 0 Å². The van der Waals surface area contributed by atoms with Crippen LogP contribution in [0.15, 0.2) is 18.3 Å². The van der Waals surface area contributed by atoms with Crippen molar-refractivity contribution in [2.75, 3.05) is 0 Å². The average Bonchev–Trinajstić information content (AvgIpc) is 2.50. The lowest BCUT2D eigenvalue weighted by molar-refractivity contribution is 0.591. The van der Waals surface area contributed by atoms with Crippen LogP contribution in [0.3, 0.4) is 0 Å². The molecule has 0 amide bonds. The molecule has 0 aliphatic carbocycles. The van der Waals surface area contributed by atoms with Crippen molar-refractivity contribution in [2.24, 2.45) is 0 Å². The Morgan fingerprint density at radius 3 is 2.64 bits per heavy atom. The minimum absolute atomic E-state index is 0.00975. The molecule has 0 bridgehead atoms. The summed E-state index contributed by atoms with van der Waals surface area (Å²) in [6.07, 6.45) is 1.68. The molecule has 0 aliphatic rings. The topological polar surface area (TPSA) is 28.7 Å². The first-order valence-electron chi connectivity index (χ1n) is 4.62. The van der Waals surface area contributed by atoms with Gasteiger partial charge in [-0.05, 0) is 17.0 Å². The summed E-state index contributed by atoms with van der Waals surface area (Å²) in [6.45, 7) is 6.31. The number of fused-ring (bicyclic) bond motifs is 1. The predicted molar refractivity (Wildman–Crippen MR) is 54.8 cm³/mol. The lowest BCUT2D eigenvalue weighted by atomic mass is 9.85. The standard InChI is InChI=1S/C11H13FN2/c1-11(2,3)8-4-5-9(12)10-7(8)6-13-14-10/h4-6H,1-3H3,(H,13,14). The summed E-state index contributed by atoms with van der Waals surface area (Å²) in [5, 5.41) is 7.42. The fraction of sp³-hybridized carbons (Fsp3) is 0.364. The van der Waals surface area contributed by atoms with Crippen LogP contribution in [0, 0.1) is 5.82 Å². The summed E-state index contributed by atoms with van der Waals surface area (Å²) in [5.41, 5.74) is 1.62. The number of aromatic amines is 1. The van der Waals surface area contributed by atoms with Crippen LogP contribution < -0.4 is 0 Å². The highest BCUT2D eigenvalue weighted by Crippen LogP contribution is 2.29. The first kappa shape index (κ1) is 9.19. The molecule has 0 saturated carbocycles. The van der Waals surface area contributed by atoms with Crippen molar-refractivity contribution < 1.29 is 4.39 Å². The Morgan fingerprint density at radius 1 is 1.29 bits per heavy atom. The van der Waals surface area contributed by atoms with Crippen LogP contribution >= 0.6 is 0 Å². The first-order valence-corrected chi connectivity index (χ1v) is 4.62. The second kappa shape index (κ2) is 2.80. The second-order valence-corrected chi connectivity index (χ2v) is 4.50. The number of hydrogen-bond donors (Lipinski definition) is 1. The van der Waals surface area contributed by atoms with E-state index in [9.17, 15) is 4.39 Å². The fourth-order valence-electron chi connectivity index (χ4n) is 1.66. The van der Waals surface area contributed by atoms with Crippen LogP contribution in [0.4, 0.5) is 4.39 Å². The maximum atomic E-state index is 13.3. The molecule has 0 radical (unpaired) electrons. The molecule has 2 aromatic rings. The highest BCUT2D eigenvalue weighted by atomic mass is 19.1. The van der Waals surface area contributed by atoms with Crippen LogP contribution in [0.25, 0.3) is 10.9 Å². The molecular formula is C11H13FN2. The lowest BCUT2D eigenvalue weighted by Crippen LogP contribution is -2.11. The summed E-state index contributed by atoms with van der Waals surface area (Å²) in [5.74, 6) is -0.245. The van der Waals surface area contributed by atoms with Gasteiger partial charge in [-0.1, -0.05) is 26.8 Å². The molecule has 0 atom stereocenters. The van der Waals surface area contributed by atoms with Gasteiger partial charge in [-0.2, -0.15) is 5.10 Å². The maximum Gasteiger partial charge on any atom is 0.148 e. The zero-order chi connectivity index (χ0) is 10.3. The molecular weight excluding hydrogens is 179 g/mol. The molecule has 1 heterocycles. The van der Waals surface area contributed by atoms with Crippen LogP contribution in [0.1, 0.15) is 26.3 Å². The van der Waals surface area contributed by atoms with E-state index < -0.39 is 0 Å². The molecule has 1 aromatic carbocycles. The molecule has 0 unspecified atom stereocenters. The normalized spacial score (nSPS) is 12.3. The number of benzene rings is 1. The van der Waals surface area contributed by atoms with E-state index >= 15 is 0 Å². The Bertz CT molecular complexity index is 466. The molecule has 0 aliphatic heterocycles. The Labute approximate surface area is 82.1 Å². The van der Waals surface area contributed by atoms with Crippen molar-refractivity contribution in [2.45, 2.75) is 26.2 Å². The molecule has 1 aromatic heterocycles. The predicted octanol–water partition coefficient (Wildman–Crippen LogP) is 3.00. The van der Waals surface area contributed by atoms with E-state index in [1.807, 2.05) is 6.07 Å². The van der Waals surface area contributed by atoms with E-state index in [0.29, 0.717) is 5.52 Å². The van der Waals surface area contributed by atoms with Crippen molar-refractivity contribution in [3.63, 3.8) is 0 Å². The third-order valence-corrected chi connectivity index (χ3v) is 2.37. The second-order valence-electron chi connectivity index (χ2n) is 4.50. The maximum absolute atomic E-state index is 13.3. The first-order chi connectivity index (χ1) is 6.50. The zero-order valence-corrected chi connectivity index (χ0v) is 8.56. The smallest absolute Gasteiger partial charge is 0.148 e. The molecule has 2 nitrogen and oxygen atoms in total. The Hall–Kier alpha value is -1.38. The molecule has 14 heavy (non-hydrogen) atoms. The van der Waals surface area contributed by atoms with Crippen molar-refractivity contribution >= 4 is 10.9 Å². The van der Waals surface area contributed by atoms with Crippen molar-refractivity contribution in [1.82, 2.24) is 10.2 Å².